The third kappa shape index (κ3) is 11.0. The molecule has 10 atom stereocenters. The maximum Gasteiger partial charge on any atom is 0.177 e. The number of aliphatic hydroxyl groups excluding tert-OH is 3. The minimum Gasteiger partial charge on any atom is -0.504 e. The van der Waals surface area contributed by atoms with Gasteiger partial charge < -0.3 is 36.2 Å². The molecule has 2 saturated carbocycles. The molecule has 0 radical (unpaired) electrons. The van der Waals surface area contributed by atoms with E-state index in [1.54, 1.807) is 25.3 Å². The van der Waals surface area contributed by atoms with Crippen LogP contribution in [0, 0.1) is 53.3 Å². The normalized spacial score (nSPS) is 26.3. The van der Waals surface area contributed by atoms with Crippen LogP contribution in [0.3, 0.4) is 0 Å². The number of anilines is 1. The molecular formula is C54H69N4O7+. The van der Waals surface area contributed by atoms with Gasteiger partial charge >= 0.3 is 0 Å². The lowest BCUT2D eigenvalue weighted by Crippen LogP contribution is -2.39. The highest BCUT2D eigenvalue weighted by Crippen LogP contribution is 2.55. The monoisotopic (exact) mass is 886 g/mol. The number of nitrogens with two attached hydrogens (primary N) is 1. The number of rotatable bonds is 15. The Labute approximate surface area is 385 Å². The number of aliphatic imine (C=N–C) groups is 1. The number of ether oxygens (including phenoxy) is 1. The molecule has 0 unspecified atom stereocenters. The van der Waals surface area contributed by atoms with E-state index >= 15 is 0 Å². The number of pyridine rings is 1. The predicted molar refractivity (Wildman–Crippen MR) is 254 cm³/mol. The van der Waals surface area contributed by atoms with Gasteiger partial charge in [0.2, 0.25) is 0 Å². The van der Waals surface area contributed by atoms with E-state index in [4.69, 9.17) is 15.5 Å². The van der Waals surface area contributed by atoms with Crippen LogP contribution >= 0.6 is 0 Å². The first kappa shape index (κ1) is 48.0. The van der Waals surface area contributed by atoms with Crippen molar-refractivity contribution in [2.24, 2.45) is 40.5 Å². The lowest BCUT2D eigenvalue weighted by molar-refractivity contribution is -0.142. The van der Waals surface area contributed by atoms with Crippen LogP contribution in [-0.2, 0) is 21.4 Å². The van der Waals surface area contributed by atoms with Crippen molar-refractivity contribution >= 4 is 23.6 Å². The average Bonchev–Trinajstić information content (AvgIpc) is 3.95. The van der Waals surface area contributed by atoms with E-state index in [9.17, 15) is 30.0 Å². The predicted octanol–water partition coefficient (Wildman–Crippen LogP) is 7.44. The summed E-state index contributed by atoms with van der Waals surface area (Å²) in [5.74, 6) is 6.07. The molecule has 7 N–H and O–H groups in total. The zero-order valence-electron chi connectivity index (χ0n) is 38.6. The van der Waals surface area contributed by atoms with E-state index in [-0.39, 0.29) is 53.4 Å². The van der Waals surface area contributed by atoms with Crippen molar-refractivity contribution in [2.45, 2.75) is 127 Å². The van der Waals surface area contributed by atoms with Gasteiger partial charge in [-0.05, 0) is 128 Å². The van der Waals surface area contributed by atoms with Gasteiger partial charge in [0, 0.05) is 37.5 Å². The summed E-state index contributed by atoms with van der Waals surface area (Å²) < 4.78 is 5.50. The average molecular weight is 886 g/mol. The molecule has 3 aliphatic carbocycles. The van der Waals surface area contributed by atoms with Gasteiger partial charge in [-0.3, -0.25) is 9.59 Å². The number of phenols is 1. The lowest BCUT2D eigenvalue weighted by Gasteiger charge is -2.41. The molecule has 7 rings (SSSR count). The topological polar surface area (TPSA) is 188 Å². The van der Waals surface area contributed by atoms with Crippen molar-refractivity contribution in [2.75, 3.05) is 25.9 Å². The molecule has 1 aliphatic heterocycles. The molecule has 4 aliphatic rings. The van der Waals surface area contributed by atoms with Crippen molar-refractivity contribution in [3.8, 4) is 23.3 Å². The van der Waals surface area contributed by atoms with Crippen LogP contribution in [0.1, 0.15) is 120 Å². The summed E-state index contributed by atoms with van der Waals surface area (Å²) in [6.45, 7) is 7.19. The van der Waals surface area contributed by atoms with E-state index in [2.05, 4.69) is 48.1 Å². The summed E-state index contributed by atoms with van der Waals surface area (Å²) in [5.41, 5.74) is 10.5. The van der Waals surface area contributed by atoms with Gasteiger partial charge in [0.25, 0.3) is 0 Å². The van der Waals surface area contributed by atoms with Gasteiger partial charge in [0.05, 0.1) is 37.6 Å². The number of ketones is 2. The molecule has 11 nitrogen and oxygen atoms in total. The van der Waals surface area contributed by atoms with E-state index in [0.29, 0.717) is 38.2 Å². The summed E-state index contributed by atoms with van der Waals surface area (Å²) in [4.78, 5) is 38.1. The number of aliphatic hydroxyl groups is 3. The first-order valence-electron chi connectivity index (χ1n) is 23.9. The maximum absolute atomic E-state index is 15.0. The number of carbonyl (C=O) groups is 2. The van der Waals surface area contributed by atoms with E-state index < -0.39 is 47.6 Å². The van der Waals surface area contributed by atoms with Crippen molar-refractivity contribution in [1.29, 1.82) is 0 Å². The molecule has 0 saturated heterocycles. The number of methoxy groups -OCH3 is 1. The Morgan fingerprint density at radius 2 is 1.77 bits per heavy atom. The molecule has 1 aromatic heterocycles. The number of aromatic nitrogens is 1. The Hall–Kier alpha value is -4.99. The van der Waals surface area contributed by atoms with Gasteiger partial charge in [-0.15, -0.1) is 4.99 Å². The highest BCUT2D eigenvalue weighted by atomic mass is 16.5. The van der Waals surface area contributed by atoms with Gasteiger partial charge in [-0.1, -0.05) is 68.4 Å². The minimum absolute atomic E-state index is 0.0237. The summed E-state index contributed by atoms with van der Waals surface area (Å²) in [6, 6.07) is 17.4. The second-order valence-corrected chi connectivity index (χ2v) is 19.4. The van der Waals surface area contributed by atoms with Crippen molar-refractivity contribution < 1.29 is 34.8 Å². The fourth-order valence-corrected chi connectivity index (χ4v) is 11.6. The second-order valence-electron chi connectivity index (χ2n) is 19.4. The van der Waals surface area contributed by atoms with Crippen LogP contribution < -0.4 is 15.8 Å². The summed E-state index contributed by atoms with van der Waals surface area (Å²) >= 11 is 0. The van der Waals surface area contributed by atoms with Crippen molar-refractivity contribution in [3.63, 3.8) is 0 Å². The first-order valence-corrected chi connectivity index (χ1v) is 23.9. The molecule has 2 heterocycles. The zero-order chi connectivity index (χ0) is 46.3. The van der Waals surface area contributed by atoms with Gasteiger partial charge in [0.1, 0.15) is 24.0 Å². The number of carbonyl (C=O) groups excluding carboxylic acids is 2. The zero-order valence-corrected chi connectivity index (χ0v) is 38.6. The Morgan fingerprint density at radius 3 is 2.48 bits per heavy atom. The SMILES string of the molecule is CCC[C@@H]([C@@H]1C[C@@H](C2(c3ccnc(N)c3)CCCC2)C[C@H]2C#C[C@H](c3ccccc3)c3cc(O)c(OC)cc3CCC(=O)[C@H](O)C(=O)[C@H]2C1)[C@H](O)CC1=C[C+]([C@H](C)CNC[C@H](C)O)C=N1. The van der Waals surface area contributed by atoms with E-state index in [1.165, 1.54) is 7.11 Å². The quantitative estimate of drug-likeness (QED) is 0.0509. The van der Waals surface area contributed by atoms with E-state index in [0.717, 1.165) is 78.8 Å². The largest absolute Gasteiger partial charge is 0.504 e. The molecule has 346 valence electrons. The number of nitrogens with one attached hydrogen (secondary N) is 1. The lowest BCUT2D eigenvalue weighted by atomic mass is 9.63. The third-order valence-electron chi connectivity index (χ3n) is 15.0. The highest BCUT2D eigenvalue weighted by molar-refractivity contribution is 6.06. The summed E-state index contributed by atoms with van der Waals surface area (Å²) in [6.07, 6.45) is 10.3. The first-order chi connectivity index (χ1) is 31.3. The van der Waals surface area contributed by atoms with Crippen LogP contribution in [0.25, 0.3) is 0 Å². The second kappa shape index (κ2) is 21.5. The van der Waals surface area contributed by atoms with E-state index in [1.807, 2.05) is 42.6 Å². The Kier molecular flexibility index (Phi) is 15.9. The molecule has 11 heteroatoms. The molecule has 65 heavy (non-hydrogen) atoms. The minimum atomic E-state index is -1.83. The molecule has 0 bridgehead atoms. The Balaban J connectivity index is 1.33. The number of nitrogen functional groups attached to an aromatic ring is 1. The number of aromatic hydroxyl groups is 1. The van der Waals surface area contributed by atoms with Crippen LogP contribution in [0.5, 0.6) is 11.5 Å². The van der Waals surface area contributed by atoms with Crippen molar-refractivity contribution in [1.82, 2.24) is 10.3 Å². The number of hydrogen-bond donors (Lipinski definition) is 6. The standard InChI is InChI=1S/C54H68N4O7/c1-5-11-44(48(61)28-42-24-39(32-58-42)33(2)30-56-31-34(3)59)38-23-41(54(19-9-10-20-54)40-18-21-57-51(55)27-40)22-36-14-16-43(35-12-7-6-8-13-35)45-29-49(62)50(65-4)26-37(45)15-17-47(60)53(64)52(63)46(36)25-38/h6-8,12-13,18,21,24,26-27,29,32-34,36,38,41,43-44,46,48,53,56,59,61,64H,5,9-11,15,17,19-20,22-23,25,28,30-31H2,1-4H3,(H2-,55,57,62)/p+1/t33-,34+,36-,38-,41+,43-,44+,46+,48-,53+/m1/s1. The third-order valence-corrected chi connectivity index (χ3v) is 15.0. The summed E-state index contributed by atoms with van der Waals surface area (Å²) in [5, 5.41) is 48.4. The number of nitrogens with zero attached hydrogens (tertiary/aromatic N) is 2. The van der Waals surface area contributed by atoms with Gasteiger partial charge in [0.15, 0.2) is 34.9 Å². The van der Waals surface area contributed by atoms with Crippen LogP contribution in [0.2, 0.25) is 0 Å². The van der Waals surface area contributed by atoms with Crippen molar-refractivity contribution in [3.05, 3.63) is 101 Å². The molecule has 3 aromatic rings. The fraction of sp³-hybridized carbons (Fsp3) is 0.537. The van der Waals surface area contributed by atoms with Crippen LogP contribution in [0.4, 0.5) is 5.82 Å². The molecule has 2 fully saturated rings. The molecule has 0 spiro atoms. The fourth-order valence-electron chi connectivity index (χ4n) is 11.6. The van der Waals surface area contributed by atoms with Gasteiger partial charge in [-0.2, -0.15) is 0 Å². The Bertz CT molecular complexity index is 2240. The highest BCUT2D eigenvalue weighted by Gasteiger charge is 2.50. The van der Waals surface area contributed by atoms with Gasteiger partial charge in [-0.25, -0.2) is 4.98 Å². The Morgan fingerprint density at radius 1 is 1.00 bits per heavy atom. The number of benzene rings is 2. The summed E-state index contributed by atoms with van der Waals surface area (Å²) in [7, 11) is 1.48. The number of Topliss-reactive ketones (excluding diaryl/α,β-unsaturated/α-hetero) is 2. The maximum atomic E-state index is 15.0. The number of phenolic OH excluding ortho intramolecular Hbond substituents is 1. The smallest absolute Gasteiger partial charge is 0.177 e. The number of fused-ring (bicyclic) bond motifs is 2. The number of allylic oxidation sites excluding steroid dienone is 1. The van der Waals surface area contributed by atoms with Crippen LogP contribution in [0.15, 0.2) is 77.6 Å². The van der Waals surface area contributed by atoms with Crippen LogP contribution in [-0.4, -0.2) is 81.7 Å². The number of hydrogen-bond acceptors (Lipinski definition) is 11. The molecular weight excluding hydrogens is 817 g/mol. The number of aryl methyl sites for hydroxylation is 1. The molecule has 0 amide bonds. The molecule has 2 aromatic carbocycles.